The SMILES string of the molecule is CCCCCN1CCC(c2nc(C(=O)Nc3ccccc3-c3ccc(CC)cc3)cs2)CC1. The van der Waals surface area contributed by atoms with E-state index in [4.69, 9.17) is 4.98 Å². The number of unbranched alkanes of at least 4 members (excludes halogenated alkanes) is 2. The summed E-state index contributed by atoms with van der Waals surface area (Å²) < 4.78 is 0. The number of nitrogens with one attached hydrogen (secondary N) is 1. The summed E-state index contributed by atoms with van der Waals surface area (Å²) in [6, 6.07) is 16.5. The Hall–Kier alpha value is -2.50. The zero-order valence-corrected chi connectivity index (χ0v) is 20.7. The van der Waals surface area contributed by atoms with Crippen LogP contribution in [-0.2, 0) is 6.42 Å². The molecule has 1 saturated heterocycles. The van der Waals surface area contributed by atoms with E-state index in [0.717, 1.165) is 54.2 Å². The molecule has 1 amide bonds. The molecular weight excluding hydrogens is 426 g/mol. The highest BCUT2D eigenvalue weighted by Gasteiger charge is 2.24. The van der Waals surface area contributed by atoms with Crippen LogP contribution in [0.25, 0.3) is 11.1 Å². The molecular formula is C28H35N3OS. The number of aromatic nitrogens is 1. The van der Waals surface area contributed by atoms with Crippen molar-refractivity contribution in [3.63, 3.8) is 0 Å². The second kappa shape index (κ2) is 11.6. The lowest BCUT2D eigenvalue weighted by Crippen LogP contribution is -2.33. The second-order valence-corrected chi connectivity index (χ2v) is 9.83. The van der Waals surface area contributed by atoms with Gasteiger partial charge in [-0.1, -0.05) is 69.2 Å². The average Bonchev–Trinajstić information content (AvgIpc) is 3.36. The van der Waals surface area contributed by atoms with Crippen molar-refractivity contribution >= 4 is 22.9 Å². The molecule has 1 N–H and O–H groups in total. The van der Waals surface area contributed by atoms with Crippen LogP contribution in [0.2, 0.25) is 0 Å². The topological polar surface area (TPSA) is 45.2 Å². The molecule has 1 aliphatic heterocycles. The summed E-state index contributed by atoms with van der Waals surface area (Å²) in [5, 5.41) is 6.12. The Balaban J connectivity index is 1.39. The van der Waals surface area contributed by atoms with Gasteiger partial charge < -0.3 is 10.2 Å². The van der Waals surface area contributed by atoms with Crippen molar-refractivity contribution in [2.45, 2.75) is 58.3 Å². The molecule has 1 aromatic heterocycles. The van der Waals surface area contributed by atoms with Gasteiger partial charge >= 0.3 is 0 Å². The van der Waals surface area contributed by atoms with E-state index >= 15 is 0 Å². The number of rotatable bonds is 9. The van der Waals surface area contributed by atoms with Gasteiger partial charge in [0.1, 0.15) is 5.69 Å². The molecule has 5 heteroatoms. The summed E-state index contributed by atoms with van der Waals surface area (Å²) >= 11 is 1.63. The largest absolute Gasteiger partial charge is 0.320 e. The van der Waals surface area contributed by atoms with Gasteiger partial charge in [0.15, 0.2) is 0 Å². The monoisotopic (exact) mass is 461 g/mol. The summed E-state index contributed by atoms with van der Waals surface area (Å²) in [7, 11) is 0. The van der Waals surface area contributed by atoms with Crippen LogP contribution in [0.3, 0.4) is 0 Å². The summed E-state index contributed by atoms with van der Waals surface area (Å²) in [4.78, 5) is 20.3. The Kier molecular flexibility index (Phi) is 8.30. The average molecular weight is 462 g/mol. The minimum Gasteiger partial charge on any atom is -0.320 e. The van der Waals surface area contributed by atoms with E-state index < -0.39 is 0 Å². The summed E-state index contributed by atoms with van der Waals surface area (Å²) in [5.74, 6) is 0.343. The van der Waals surface area contributed by atoms with Gasteiger partial charge in [0.25, 0.3) is 5.91 Å². The number of aryl methyl sites for hydroxylation is 1. The predicted molar refractivity (Wildman–Crippen MR) is 139 cm³/mol. The van der Waals surface area contributed by atoms with Gasteiger partial charge in [-0.3, -0.25) is 4.79 Å². The number of hydrogen-bond donors (Lipinski definition) is 1. The molecule has 174 valence electrons. The minimum absolute atomic E-state index is 0.132. The van der Waals surface area contributed by atoms with Gasteiger partial charge in [0.05, 0.1) is 5.01 Å². The van der Waals surface area contributed by atoms with Crippen LogP contribution in [-0.4, -0.2) is 35.4 Å². The third kappa shape index (κ3) is 6.10. The molecule has 4 rings (SSSR count). The van der Waals surface area contributed by atoms with Crippen molar-refractivity contribution in [3.8, 4) is 11.1 Å². The molecule has 0 radical (unpaired) electrons. The fourth-order valence-electron chi connectivity index (χ4n) is 4.52. The van der Waals surface area contributed by atoms with Gasteiger partial charge in [-0.15, -0.1) is 11.3 Å². The standard InChI is InChI=1S/C28H35N3OS/c1-3-5-8-17-31-18-15-23(16-19-31)28-30-26(20-33-28)27(32)29-25-10-7-6-9-24(25)22-13-11-21(4-2)12-14-22/h6-7,9-14,20,23H,3-5,8,15-19H2,1-2H3,(H,29,32). The molecule has 0 atom stereocenters. The zero-order valence-electron chi connectivity index (χ0n) is 19.8. The summed E-state index contributed by atoms with van der Waals surface area (Å²) in [6.45, 7) is 7.90. The lowest BCUT2D eigenvalue weighted by atomic mass is 9.97. The van der Waals surface area contributed by atoms with E-state index in [0.29, 0.717) is 11.6 Å². The van der Waals surface area contributed by atoms with E-state index in [1.807, 2.05) is 23.6 Å². The van der Waals surface area contributed by atoms with Gasteiger partial charge in [-0.25, -0.2) is 4.98 Å². The highest BCUT2D eigenvalue weighted by molar-refractivity contribution is 7.10. The molecule has 1 aliphatic rings. The van der Waals surface area contributed by atoms with Crippen LogP contribution in [0.1, 0.15) is 72.9 Å². The number of likely N-dealkylation sites (tertiary alicyclic amines) is 1. The Morgan fingerprint density at radius 2 is 1.82 bits per heavy atom. The van der Waals surface area contributed by atoms with E-state index in [-0.39, 0.29) is 5.91 Å². The first-order valence-corrected chi connectivity index (χ1v) is 13.2. The molecule has 0 unspecified atom stereocenters. The van der Waals surface area contributed by atoms with Gasteiger partial charge in [-0.05, 0) is 62.5 Å². The molecule has 2 heterocycles. The van der Waals surface area contributed by atoms with E-state index in [2.05, 4.69) is 54.4 Å². The number of hydrogen-bond acceptors (Lipinski definition) is 4. The number of piperidine rings is 1. The van der Waals surface area contributed by atoms with Crippen LogP contribution in [0.15, 0.2) is 53.9 Å². The van der Waals surface area contributed by atoms with E-state index in [1.165, 1.54) is 31.4 Å². The number of nitrogens with zero attached hydrogens (tertiary/aromatic N) is 2. The molecule has 0 spiro atoms. The zero-order chi connectivity index (χ0) is 23.0. The van der Waals surface area contributed by atoms with Crippen LogP contribution >= 0.6 is 11.3 Å². The minimum atomic E-state index is -0.132. The molecule has 3 aromatic rings. The fourth-order valence-corrected chi connectivity index (χ4v) is 5.49. The number of carbonyl (C=O) groups is 1. The lowest BCUT2D eigenvalue weighted by molar-refractivity contribution is 0.102. The molecule has 0 bridgehead atoms. The third-order valence-corrected chi connectivity index (χ3v) is 7.62. The van der Waals surface area contributed by atoms with Crippen LogP contribution in [0.5, 0.6) is 0 Å². The van der Waals surface area contributed by atoms with E-state index in [1.54, 1.807) is 11.3 Å². The molecule has 33 heavy (non-hydrogen) atoms. The maximum absolute atomic E-state index is 13.0. The molecule has 0 aliphatic carbocycles. The predicted octanol–water partition coefficient (Wildman–Crippen LogP) is 6.99. The molecule has 2 aromatic carbocycles. The number of anilines is 1. The first-order chi connectivity index (χ1) is 16.2. The quantitative estimate of drug-likeness (QED) is 0.349. The number of thiazole rings is 1. The Bertz CT molecular complexity index is 1040. The smallest absolute Gasteiger partial charge is 0.275 e. The number of benzene rings is 2. The second-order valence-electron chi connectivity index (χ2n) is 8.94. The molecule has 1 fully saturated rings. The van der Waals surface area contributed by atoms with Crippen LogP contribution in [0.4, 0.5) is 5.69 Å². The lowest BCUT2D eigenvalue weighted by Gasteiger charge is -2.30. The van der Waals surface area contributed by atoms with Crippen molar-refractivity contribution < 1.29 is 4.79 Å². The Morgan fingerprint density at radius 3 is 2.55 bits per heavy atom. The van der Waals surface area contributed by atoms with Crippen LogP contribution < -0.4 is 5.32 Å². The Labute approximate surface area is 202 Å². The number of amides is 1. The van der Waals surface area contributed by atoms with Crippen molar-refractivity contribution in [1.82, 2.24) is 9.88 Å². The van der Waals surface area contributed by atoms with Crippen molar-refractivity contribution in [1.29, 1.82) is 0 Å². The van der Waals surface area contributed by atoms with Gasteiger partial charge in [0.2, 0.25) is 0 Å². The summed E-state index contributed by atoms with van der Waals surface area (Å²) in [6.07, 6.45) is 7.18. The number of carbonyl (C=O) groups excluding carboxylic acids is 1. The van der Waals surface area contributed by atoms with Gasteiger partial charge in [-0.2, -0.15) is 0 Å². The first kappa shape index (κ1) is 23.7. The summed E-state index contributed by atoms with van der Waals surface area (Å²) in [5.41, 5.74) is 4.78. The maximum atomic E-state index is 13.0. The van der Waals surface area contributed by atoms with Crippen molar-refractivity contribution in [2.24, 2.45) is 0 Å². The highest BCUT2D eigenvalue weighted by atomic mass is 32.1. The maximum Gasteiger partial charge on any atom is 0.275 e. The van der Waals surface area contributed by atoms with Crippen molar-refractivity contribution in [2.75, 3.05) is 25.0 Å². The first-order valence-electron chi connectivity index (χ1n) is 12.4. The normalized spacial score (nSPS) is 15.0. The molecule has 4 nitrogen and oxygen atoms in total. The highest BCUT2D eigenvalue weighted by Crippen LogP contribution is 2.32. The van der Waals surface area contributed by atoms with Crippen LogP contribution in [0, 0.1) is 0 Å². The Morgan fingerprint density at radius 1 is 1.06 bits per heavy atom. The third-order valence-electron chi connectivity index (χ3n) is 6.62. The number of para-hydroxylation sites is 1. The van der Waals surface area contributed by atoms with Crippen molar-refractivity contribution in [3.05, 3.63) is 70.2 Å². The molecule has 0 saturated carbocycles. The van der Waals surface area contributed by atoms with E-state index in [9.17, 15) is 4.79 Å². The van der Waals surface area contributed by atoms with Gasteiger partial charge in [0, 0.05) is 22.5 Å². The fraction of sp³-hybridized carbons (Fsp3) is 0.429.